The molecule has 2 atom stereocenters. The van der Waals surface area contributed by atoms with Crippen LogP contribution in [0.5, 0.6) is 5.75 Å². The first-order valence-corrected chi connectivity index (χ1v) is 12.1. The fourth-order valence-electron chi connectivity index (χ4n) is 4.70. The molecule has 0 saturated heterocycles. The van der Waals surface area contributed by atoms with Gasteiger partial charge in [0.1, 0.15) is 17.7 Å². The quantitative estimate of drug-likeness (QED) is 0.351. The summed E-state index contributed by atoms with van der Waals surface area (Å²) in [5.41, 5.74) is 2.65. The molecule has 2 amide bonds. The lowest BCUT2D eigenvalue weighted by molar-refractivity contribution is 0.161. The molecule has 7 heteroatoms. The van der Waals surface area contributed by atoms with Crippen molar-refractivity contribution in [2.75, 3.05) is 0 Å². The maximum Gasteiger partial charge on any atom is 0.315 e. The summed E-state index contributed by atoms with van der Waals surface area (Å²) in [6.07, 6.45) is 5.78. The first-order chi connectivity index (χ1) is 17.1. The number of hydrogen-bond acceptors (Lipinski definition) is 3. The van der Waals surface area contributed by atoms with Crippen molar-refractivity contribution in [2.24, 2.45) is 0 Å². The van der Waals surface area contributed by atoms with Gasteiger partial charge in [-0.05, 0) is 67.8 Å². The third-order valence-electron chi connectivity index (χ3n) is 6.51. The van der Waals surface area contributed by atoms with E-state index < -0.39 is 0 Å². The molecule has 180 valence electrons. The lowest BCUT2D eigenvalue weighted by Crippen LogP contribution is -2.47. The molecule has 0 spiro atoms. The number of urea groups is 1. The van der Waals surface area contributed by atoms with Crippen molar-refractivity contribution in [3.05, 3.63) is 90.4 Å². The number of amides is 2. The van der Waals surface area contributed by atoms with Gasteiger partial charge in [0.15, 0.2) is 0 Å². The minimum absolute atomic E-state index is 0.162. The molecule has 1 aliphatic rings. The number of ether oxygens (including phenoxy) is 1. The maximum atomic E-state index is 13.3. The number of carbonyl (C=O) groups is 1. The van der Waals surface area contributed by atoms with E-state index in [1.165, 1.54) is 12.1 Å². The molecule has 4 aromatic rings. The fraction of sp³-hybridized carbons (Fsp3) is 0.286. The summed E-state index contributed by atoms with van der Waals surface area (Å²) < 4.78 is 21.5. The zero-order valence-electron chi connectivity index (χ0n) is 19.7. The molecular formula is C28H29FN4O2. The first kappa shape index (κ1) is 22.9. The van der Waals surface area contributed by atoms with Gasteiger partial charge in [-0.2, -0.15) is 5.10 Å². The highest BCUT2D eigenvalue weighted by Gasteiger charge is 2.25. The fourth-order valence-corrected chi connectivity index (χ4v) is 4.70. The highest BCUT2D eigenvalue weighted by molar-refractivity contribution is 5.81. The van der Waals surface area contributed by atoms with Gasteiger partial charge in [0.2, 0.25) is 0 Å². The number of benzene rings is 3. The van der Waals surface area contributed by atoms with Gasteiger partial charge in [-0.3, -0.25) is 0 Å². The number of halogens is 1. The van der Waals surface area contributed by atoms with Crippen molar-refractivity contribution < 1.29 is 13.9 Å². The van der Waals surface area contributed by atoms with Gasteiger partial charge in [0, 0.05) is 11.4 Å². The lowest BCUT2D eigenvalue weighted by atomic mass is 10.0. The minimum Gasteiger partial charge on any atom is -0.484 e. The van der Waals surface area contributed by atoms with E-state index in [9.17, 15) is 9.18 Å². The summed E-state index contributed by atoms with van der Waals surface area (Å²) in [6.45, 7) is 1.96. The molecule has 6 nitrogen and oxygen atoms in total. The summed E-state index contributed by atoms with van der Waals surface area (Å²) in [6, 6.07) is 21.7. The number of rotatable bonds is 7. The third-order valence-corrected chi connectivity index (χ3v) is 6.51. The normalized spacial score (nSPS) is 15.6. The summed E-state index contributed by atoms with van der Waals surface area (Å²) >= 11 is 0. The first-order valence-electron chi connectivity index (χ1n) is 12.1. The topological polar surface area (TPSA) is 68.2 Å². The van der Waals surface area contributed by atoms with Crippen LogP contribution < -0.4 is 15.4 Å². The molecule has 5 rings (SSSR count). The summed E-state index contributed by atoms with van der Waals surface area (Å²) in [4.78, 5) is 12.6. The van der Waals surface area contributed by atoms with Crippen LogP contribution in [-0.4, -0.2) is 27.9 Å². The Balaban J connectivity index is 1.36. The molecular weight excluding hydrogens is 443 g/mol. The molecule has 1 saturated carbocycles. The van der Waals surface area contributed by atoms with Gasteiger partial charge in [0.25, 0.3) is 0 Å². The molecule has 1 heterocycles. The van der Waals surface area contributed by atoms with Gasteiger partial charge in [-0.15, -0.1) is 0 Å². The minimum atomic E-state index is -0.380. The van der Waals surface area contributed by atoms with Crippen molar-refractivity contribution >= 4 is 16.9 Å². The molecule has 1 fully saturated rings. The number of nitrogens with zero attached hydrogens (tertiary/aromatic N) is 2. The Morgan fingerprint density at radius 3 is 2.54 bits per heavy atom. The number of fused-ring (bicyclic) bond motifs is 1. The number of aromatic nitrogens is 2. The highest BCUT2D eigenvalue weighted by atomic mass is 19.1. The van der Waals surface area contributed by atoms with Crippen LogP contribution in [0.2, 0.25) is 0 Å². The van der Waals surface area contributed by atoms with E-state index in [-0.39, 0.29) is 30.0 Å². The van der Waals surface area contributed by atoms with Crippen LogP contribution in [0.25, 0.3) is 16.6 Å². The average Bonchev–Trinajstić information content (AvgIpc) is 3.53. The van der Waals surface area contributed by atoms with E-state index in [1.54, 1.807) is 23.0 Å². The number of hydrogen-bond donors (Lipinski definition) is 2. The lowest BCUT2D eigenvalue weighted by Gasteiger charge is -2.27. The van der Waals surface area contributed by atoms with E-state index in [0.29, 0.717) is 5.75 Å². The van der Waals surface area contributed by atoms with Gasteiger partial charge >= 0.3 is 6.03 Å². The van der Waals surface area contributed by atoms with Gasteiger partial charge in [-0.25, -0.2) is 13.9 Å². The monoisotopic (exact) mass is 472 g/mol. The molecule has 0 radical (unpaired) electrons. The summed E-state index contributed by atoms with van der Waals surface area (Å²) in [7, 11) is 0. The molecule has 3 aromatic carbocycles. The Bertz CT molecular complexity index is 1280. The molecule has 0 bridgehead atoms. The van der Waals surface area contributed by atoms with E-state index in [1.807, 2.05) is 55.5 Å². The van der Waals surface area contributed by atoms with Crippen molar-refractivity contribution in [1.29, 1.82) is 0 Å². The smallest absolute Gasteiger partial charge is 0.315 e. The van der Waals surface area contributed by atoms with E-state index in [0.717, 1.165) is 47.8 Å². The number of carbonyl (C=O) groups excluding carboxylic acids is 1. The second-order valence-corrected chi connectivity index (χ2v) is 9.09. The van der Waals surface area contributed by atoms with Crippen molar-refractivity contribution in [1.82, 2.24) is 20.4 Å². The van der Waals surface area contributed by atoms with E-state index >= 15 is 0 Å². The Labute approximate surface area is 204 Å². The Morgan fingerprint density at radius 1 is 1.06 bits per heavy atom. The summed E-state index contributed by atoms with van der Waals surface area (Å²) in [5.74, 6) is 0.391. The molecule has 0 aliphatic heterocycles. The Kier molecular flexibility index (Phi) is 6.66. The van der Waals surface area contributed by atoms with Crippen molar-refractivity contribution in [3.8, 4) is 11.4 Å². The predicted molar refractivity (Wildman–Crippen MR) is 134 cm³/mol. The SMILES string of the molecule is C[C@H](NC(=O)NC1CCCC1)[C@H](Oc1ccc2c(cnn2-c2ccc(F)cc2)c1)c1ccccc1. The van der Waals surface area contributed by atoms with Gasteiger partial charge < -0.3 is 15.4 Å². The largest absolute Gasteiger partial charge is 0.484 e. The molecule has 2 N–H and O–H groups in total. The van der Waals surface area contributed by atoms with E-state index in [2.05, 4.69) is 15.7 Å². The predicted octanol–water partition coefficient (Wildman–Crippen LogP) is 5.92. The Morgan fingerprint density at radius 2 is 1.80 bits per heavy atom. The van der Waals surface area contributed by atoms with Crippen molar-refractivity contribution in [3.63, 3.8) is 0 Å². The van der Waals surface area contributed by atoms with Crippen LogP contribution >= 0.6 is 0 Å². The molecule has 0 unspecified atom stereocenters. The average molecular weight is 473 g/mol. The number of nitrogens with one attached hydrogen (secondary N) is 2. The van der Waals surface area contributed by atoms with Gasteiger partial charge in [-0.1, -0.05) is 43.2 Å². The van der Waals surface area contributed by atoms with Crippen LogP contribution in [0.3, 0.4) is 0 Å². The summed E-state index contributed by atoms with van der Waals surface area (Å²) in [5, 5.41) is 11.5. The second-order valence-electron chi connectivity index (χ2n) is 9.09. The standard InChI is InChI=1S/C28H29FN4O2/c1-19(31-28(34)32-23-9-5-6-10-23)27(20-7-3-2-4-8-20)35-25-15-16-26-21(17-25)18-30-33(26)24-13-11-22(29)12-14-24/h2-4,7-8,11-19,23,27H,5-6,9-10H2,1H3,(H2,31,32,34)/t19-,27-/m0/s1. The third kappa shape index (κ3) is 5.29. The Hall–Kier alpha value is -3.87. The zero-order valence-corrected chi connectivity index (χ0v) is 19.7. The van der Waals surface area contributed by atoms with Crippen LogP contribution in [0, 0.1) is 5.82 Å². The van der Waals surface area contributed by atoms with Crippen LogP contribution in [0.15, 0.2) is 79.0 Å². The van der Waals surface area contributed by atoms with Crippen LogP contribution in [0.4, 0.5) is 9.18 Å². The van der Waals surface area contributed by atoms with Crippen LogP contribution in [0.1, 0.15) is 44.3 Å². The van der Waals surface area contributed by atoms with Crippen LogP contribution in [-0.2, 0) is 0 Å². The molecule has 1 aliphatic carbocycles. The second kappa shape index (κ2) is 10.2. The van der Waals surface area contributed by atoms with E-state index in [4.69, 9.17) is 4.74 Å². The molecule has 35 heavy (non-hydrogen) atoms. The highest BCUT2D eigenvalue weighted by Crippen LogP contribution is 2.29. The zero-order chi connectivity index (χ0) is 24.2. The maximum absolute atomic E-state index is 13.3. The van der Waals surface area contributed by atoms with Crippen molar-refractivity contribution in [2.45, 2.75) is 50.8 Å². The van der Waals surface area contributed by atoms with Gasteiger partial charge in [0.05, 0.1) is 23.4 Å². The molecule has 1 aromatic heterocycles.